The minimum Gasteiger partial charge on any atom is -0.487 e. The fourth-order valence-corrected chi connectivity index (χ4v) is 9.80. The van der Waals surface area contributed by atoms with Crippen molar-refractivity contribution in [2.24, 2.45) is 46.3 Å². The van der Waals surface area contributed by atoms with E-state index in [1.165, 1.54) is 51.4 Å². The Labute approximate surface area is 231 Å². The largest absolute Gasteiger partial charge is 0.487 e. The van der Waals surface area contributed by atoms with E-state index >= 15 is 0 Å². The van der Waals surface area contributed by atoms with Crippen molar-refractivity contribution in [3.8, 4) is 5.75 Å². The Morgan fingerprint density at radius 3 is 2.55 bits per heavy atom. The number of rotatable bonds is 8. The van der Waals surface area contributed by atoms with Crippen LogP contribution in [0.3, 0.4) is 0 Å². The van der Waals surface area contributed by atoms with Crippen molar-refractivity contribution in [2.45, 2.75) is 111 Å². The molecule has 4 nitrogen and oxygen atoms in total. The minimum atomic E-state index is 0.0419. The highest BCUT2D eigenvalue weighted by atomic mass is 16.5. The monoisotopic (exact) mass is 519 g/mol. The lowest BCUT2D eigenvalue weighted by Crippen LogP contribution is -2.51. The molecule has 0 bridgehead atoms. The van der Waals surface area contributed by atoms with Gasteiger partial charge in [0.25, 0.3) is 0 Å². The van der Waals surface area contributed by atoms with E-state index in [1.54, 1.807) is 17.7 Å². The summed E-state index contributed by atoms with van der Waals surface area (Å²) >= 11 is 0. The number of fused-ring (bicyclic) bond motifs is 5. The van der Waals surface area contributed by atoms with E-state index in [4.69, 9.17) is 16.2 Å². The van der Waals surface area contributed by atoms with Gasteiger partial charge in [0.05, 0.1) is 11.3 Å². The summed E-state index contributed by atoms with van der Waals surface area (Å²) in [6, 6.07) is 3.28. The first-order chi connectivity index (χ1) is 18.1. The summed E-state index contributed by atoms with van der Waals surface area (Å²) in [5.74, 6) is 5.52. The van der Waals surface area contributed by atoms with E-state index in [-0.39, 0.29) is 11.5 Å². The van der Waals surface area contributed by atoms with Gasteiger partial charge in [-0.25, -0.2) is 0 Å². The Bertz CT molecular complexity index is 1060. The predicted octanol–water partition coefficient (Wildman–Crippen LogP) is 8.10. The molecule has 1 radical (unpaired) electrons. The van der Waals surface area contributed by atoms with Crippen molar-refractivity contribution >= 4 is 17.7 Å². The fourth-order valence-electron chi connectivity index (χ4n) is 9.80. The highest BCUT2D eigenvalue weighted by Crippen LogP contribution is 2.67. The van der Waals surface area contributed by atoms with Crippen LogP contribution < -0.4 is 16.2 Å². The first-order valence-electron chi connectivity index (χ1n) is 15.5. The Balaban J connectivity index is 1.29. The zero-order valence-corrected chi connectivity index (χ0v) is 24.5. The maximum absolute atomic E-state index is 11.5. The normalized spacial score (nSPS) is 37.1. The van der Waals surface area contributed by atoms with Gasteiger partial charge in [0.1, 0.15) is 6.10 Å². The summed E-state index contributed by atoms with van der Waals surface area (Å²) in [5.41, 5.74) is 15.7. The quantitative estimate of drug-likeness (QED) is 0.269. The fraction of sp³-hybridized carbons (Fsp3) is 0.735. The minimum absolute atomic E-state index is 0.0419. The number of anilines is 2. The maximum Gasteiger partial charge on any atom is 0.237 e. The molecule has 0 aromatic heterocycles. The third-order valence-electron chi connectivity index (χ3n) is 11.8. The zero-order chi connectivity index (χ0) is 27.2. The van der Waals surface area contributed by atoms with Crippen molar-refractivity contribution in [1.29, 1.82) is 0 Å². The van der Waals surface area contributed by atoms with Crippen molar-refractivity contribution in [3.63, 3.8) is 0 Å². The molecule has 1 aromatic rings. The van der Waals surface area contributed by atoms with Crippen LogP contribution >= 0.6 is 0 Å². The average molecular weight is 520 g/mol. The first kappa shape index (κ1) is 27.6. The van der Waals surface area contributed by atoms with E-state index in [2.05, 4.69) is 40.7 Å². The molecule has 0 spiro atoms. The molecule has 4 unspecified atom stereocenters. The third-order valence-corrected chi connectivity index (χ3v) is 11.8. The van der Waals surface area contributed by atoms with Crippen LogP contribution in [0.25, 0.3) is 0 Å². The van der Waals surface area contributed by atoms with E-state index in [0.717, 1.165) is 54.8 Å². The van der Waals surface area contributed by atoms with Crippen molar-refractivity contribution in [1.82, 2.24) is 0 Å². The predicted molar refractivity (Wildman–Crippen MR) is 158 cm³/mol. The van der Waals surface area contributed by atoms with Gasteiger partial charge in [-0.15, -0.1) is 0 Å². The summed E-state index contributed by atoms with van der Waals surface area (Å²) in [5, 5.41) is 0. The van der Waals surface area contributed by atoms with Gasteiger partial charge in [0.2, 0.25) is 6.29 Å². The Hall–Kier alpha value is -1.97. The molecule has 1 aromatic carbocycles. The van der Waals surface area contributed by atoms with Crippen LogP contribution in [0.1, 0.15) is 111 Å². The number of hydrogen-bond acceptors (Lipinski definition) is 4. The molecule has 209 valence electrons. The molecule has 0 aliphatic heterocycles. The van der Waals surface area contributed by atoms with Gasteiger partial charge in [-0.05, 0) is 103 Å². The molecule has 4 heteroatoms. The summed E-state index contributed by atoms with van der Waals surface area (Å²) in [4.78, 5) is 11.5. The molecule has 8 atom stereocenters. The number of carbonyl (C=O) groups excluding carboxylic acids is 1. The highest BCUT2D eigenvalue weighted by molar-refractivity contribution is 5.86. The Morgan fingerprint density at radius 2 is 1.82 bits per heavy atom. The van der Waals surface area contributed by atoms with Crippen LogP contribution in [0.4, 0.5) is 11.4 Å². The van der Waals surface area contributed by atoms with Crippen LogP contribution in [-0.4, -0.2) is 12.4 Å². The molecular formula is C34H51N2O2. The zero-order valence-electron chi connectivity index (χ0n) is 24.5. The second-order valence-corrected chi connectivity index (χ2v) is 14.4. The highest BCUT2D eigenvalue weighted by Gasteiger charge is 2.59. The average Bonchev–Trinajstić information content (AvgIpc) is 3.22. The summed E-state index contributed by atoms with van der Waals surface area (Å²) in [6.45, 7) is 12.5. The van der Waals surface area contributed by atoms with Gasteiger partial charge >= 0.3 is 0 Å². The Morgan fingerprint density at radius 1 is 1.03 bits per heavy atom. The topological polar surface area (TPSA) is 78.3 Å². The van der Waals surface area contributed by atoms with Gasteiger partial charge in [0, 0.05) is 12.1 Å². The molecule has 0 amide bonds. The molecular weight excluding hydrogens is 468 g/mol. The SMILES string of the molecule is CC(C)CCC[C@@H](C)[C@H]1CCC2C3CC=C4CC(Oc5c(N)cc(N)cc5[C]=O)CC[C@]4(C)C3CC[C@@]21C. The number of allylic oxidation sites excluding steroid dienone is 1. The van der Waals surface area contributed by atoms with E-state index in [1.807, 2.05) is 6.29 Å². The number of hydrogen-bond donors (Lipinski definition) is 2. The lowest BCUT2D eigenvalue weighted by molar-refractivity contribution is -0.0559. The summed E-state index contributed by atoms with van der Waals surface area (Å²) in [7, 11) is 0. The molecule has 3 saturated carbocycles. The lowest BCUT2D eigenvalue weighted by atomic mass is 9.47. The van der Waals surface area contributed by atoms with Gasteiger partial charge in [-0.3, -0.25) is 4.79 Å². The van der Waals surface area contributed by atoms with Gasteiger partial charge in [0.15, 0.2) is 5.75 Å². The third kappa shape index (κ3) is 4.79. The molecule has 3 fully saturated rings. The van der Waals surface area contributed by atoms with Crippen LogP contribution in [0.15, 0.2) is 23.8 Å². The van der Waals surface area contributed by atoms with Gasteiger partial charge in [-0.1, -0.05) is 65.5 Å². The Kier molecular flexibility index (Phi) is 7.66. The molecule has 38 heavy (non-hydrogen) atoms. The first-order valence-corrected chi connectivity index (χ1v) is 15.5. The molecule has 4 aliphatic carbocycles. The van der Waals surface area contributed by atoms with Crippen LogP contribution in [0, 0.1) is 46.3 Å². The molecule has 4 aliphatic rings. The van der Waals surface area contributed by atoms with Crippen molar-refractivity contribution in [2.75, 3.05) is 11.5 Å². The smallest absolute Gasteiger partial charge is 0.237 e. The van der Waals surface area contributed by atoms with Crippen LogP contribution in [-0.2, 0) is 4.79 Å². The van der Waals surface area contributed by atoms with E-state index in [0.29, 0.717) is 28.1 Å². The molecule has 0 saturated heterocycles. The number of benzene rings is 1. The molecule has 4 N–H and O–H groups in total. The number of nitrogens with two attached hydrogens (primary N) is 2. The van der Waals surface area contributed by atoms with Crippen LogP contribution in [0.5, 0.6) is 5.75 Å². The number of nitrogen functional groups attached to an aromatic ring is 2. The van der Waals surface area contributed by atoms with Crippen molar-refractivity contribution in [3.05, 3.63) is 29.3 Å². The van der Waals surface area contributed by atoms with Crippen molar-refractivity contribution < 1.29 is 9.53 Å². The van der Waals surface area contributed by atoms with E-state index in [9.17, 15) is 4.79 Å². The second kappa shape index (κ2) is 10.5. The number of ether oxygens (including phenoxy) is 1. The van der Waals surface area contributed by atoms with Gasteiger partial charge in [-0.2, -0.15) is 0 Å². The summed E-state index contributed by atoms with van der Waals surface area (Å²) in [6.07, 6.45) is 18.7. The van der Waals surface area contributed by atoms with Gasteiger partial charge < -0.3 is 16.2 Å². The molecule has 5 rings (SSSR count). The maximum atomic E-state index is 11.5. The van der Waals surface area contributed by atoms with Crippen LogP contribution in [0.2, 0.25) is 0 Å². The second-order valence-electron chi connectivity index (χ2n) is 14.4. The lowest BCUT2D eigenvalue weighted by Gasteiger charge is -2.58. The molecule has 0 heterocycles. The standard InChI is InChI=1S/C34H51N2O2/c1-21(2)7-6-8-22(3)28-11-12-29-27-10-9-24-18-26(38-32-23(20-37)17-25(35)19-31(32)36)13-15-33(24,4)30(27)14-16-34(28,29)5/h9,17,19,21-22,26-30H,6-8,10-16,18,35-36H2,1-5H3/t22-,26?,27?,28-,29?,30?,33+,34-/m1/s1. The summed E-state index contributed by atoms with van der Waals surface area (Å²) < 4.78 is 6.38. The van der Waals surface area contributed by atoms with E-state index < -0.39 is 0 Å².